The monoisotopic (exact) mass is 458 g/mol. The van der Waals surface area contributed by atoms with Crippen LogP contribution in [-0.4, -0.2) is 23.1 Å². The van der Waals surface area contributed by atoms with E-state index in [1.165, 1.54) is 0 Å². The van der Waals surface area contributed by atoms with Crippen LogP contribution in [0.4, 0.5) is 0 Å². The maximum absolute atomic E-state index is 13.3. The number of aliphatic hydroxyl groups is 1. The van der Waals surface area contributed by atoms with E-state index in [4.69, 9.17) is 14.2 Å². The Balaban J connectivity index is 1.63. The Bertz CT molecular complexity index is 1230. The Morgan fingerprint density at radius 2 is 1.85 bits per heavy atom. The molecule has 1 aliphatic rings. The highest BCUT2D eigenvalue weighted by Crippen LogP contribution is 2.41. The van der Waals surface area contributed by atoms with Gasteiger partial charge in [-0.1, -0.05) is 31.2 Å². The van der Waals surface area contributed by atoms with Gasteiger partial charge in [-0.3, -0.25) is 4.79 Å². The first kappa shape index (κ1) is 23.6. The molecule has 34 heavy (non-hydrogen) atoms. The van der Waals surface area contributed by atoms with Crippen LogP contribution in [-0.2, 0) is 13.0 Å². The van der Waals surface area contributed by atoms with Crippen LogP contribution in [0.15, 0.2) is 60.7 Å². The van der Waals surface area contributed by atoms with Crippen molar-refractivity contribution in [2.75, 3.05) is 6.61 Å². The number of fused-ring (bicyclic) bond motifs is 1. The summed E-state index contributed by atoms with van der Waals surface area (Å²) in [6.45, 7) is 7.50. The summed E-state index contributed by atoms with van der Waals surface area (Å²) in [7, 11) is 0. The summed E-state index contributed by atoms with van der Waals surface area (Å²) in [6, 6.07) is 16.9. The molecule has 1 heterocycles. The first-order valence-electron chi connectivity index (χ1n) is 11.5. The van der Waals surface area contributed by atoms with Crippen LogP contribution in [0.5, 0.6) is 23.0 Å². The zero-order chi connectivity index (χ0) is 24.3. The number of carbonyl (C=O) groups is 1. The molecule has 0 bridgehead atoms. The molecule has 0 fully saturated rings. The predicted molar refractivity (Wildman–Crippen MR) is 133 cm³/mol. The molecule has 176 valence electrons. The molecule has 0 atom stereocenters. The fourth-order valence-corrected chi connectivity index (χ4v) is 3.95. The molecule has 0 saturated heterocycles. The van der Waals surface area contributed by atoms with Gasteiger partial charge in [0, 0.05) is 5.56 Å². The minimum Gasteiger partial charge on any atom is -0.484 e. The Morgan fingerprint density at radius 1 is 1.09 bits per heavy atom. The van der Waals surface area contributed by atoms with Gasteiger partial charge in [-0.2, -0.15) is 0 Å². The largest absolute Gasteiger partial charge is 0.484 e. The van der Waals surface area contributed by atoms with Crippen molar-refractivity contribution in [2.45, 2.75) is 46.3 Å². The van der Waals surface area contributed by atoms with Gasteiger partial charge in [-0.05, 0) is 80.8 Å². The molecular formula is C29H30O5. The van der Waals surface area contributed by atoms with Crippen molar-refractivity contribution in [3.8, 4) is 23.0 Å². The van der Waals surface area contributed by atoms with Crippen molar-refractivity contribution < 1.29 is 24.1 Å². The minimum absolute atomic E-state index is 0.198. The lowest BCUT2D eigenvalue weighted by Gasteiger charge is -2.30. The molecule has 5 nitrogen and oxygen atoms in total. The molecule has 0 radical (unpaired) electrons. The number of aryl methyl sites for hydroxylation is 2. The zero-order valence-electron chi connectivity index (χ0n) is 20.1. The van der Waals surface area contributed by atoms with Gasteiger partial charge >= 0.3 is 0 Å². The Hall–Kier alpha value is -3.57. The molecule has 3 aromatic carbocycles. The van der Waals surface area contributed by atoms with Crippen LogP contribution in [0.3, 0.4) is 0 Å². The smallest absolute Gasteiger partial charge is 0.203 e. The number of hydrogen-bond donors (Lipinski definition) is 1. The third-order valence-corrected chi connectivity index (χ3v) is 5.86. The fourth-order valence-electron chi connectivity index (χ4n) is 3.95. The molecule has 0 saturated carbocycles. The molecule has 5 heteroatoms. The van der Waals surface area contributed by atoms with Gasteiger partial charge in [0.15, 0.2) is 6.61 Å². The van der Waals surface area contributed by atoms with Gasteiger partial charge < -0.3 is 19.3 Å². The van der Waals surface area contributed by atoms with Crippen LogP contribution in [0.25, 0.3) is 6.08 Å². The lowest BCUT2D eigenvalue weighted by atomic mass is 9.97. The summed E-state index contributed by atoms with van der Waals surface area (Å²) in [4.78, 5) is 13.3. The Kier molecular flexibility index (Phi) is 6.75. The molecule has 3 aromatic rings. The highest BCUT2D eigenvalue weighted by atomic mass is 16.5. The van der Waals surface area contributed by atoms with Gasteiger partial charge in [0.05, 0.1) is 17.7 Å². The SMILES string of the molecule is CCc1ccc(C(=O)COc2c3c(cc(C)c2CO)OC(C)(C)C=C3)c(Oc2ccccc2)c1. The molecular weight excluding hydrogens is 428 g/mol. The highest BCUT2D eigenvalue weighted by molar-refractivity contribution is 6.00. The summed E-state index contributed by atoms with van der Waals surface area (Å²) < 4.78 is 18.2. The normalized spacial score (nSPS) is 13.7. The van der Waals surface area contributed by atoms with Crippen molar-refractivity contribution in [2.24, 2.45) is 0 Å². The maximum Gasteiger partial charge on any atom is 0.203 e. The van der Waals surface area contributed by atoms with E-state index in [0.29, 0.717) is 34.1 Å². The average Bonchev–Trinajstić information content (AvgIpc) is 2.82. The van der Waals surface area contributed by atoms with E-state index < -0.39 is 5.60 Å². The van der Waals surface area contributed by atoms with Gasteiger partial charge in [-0.25, -0.2) is 0 Å². The quantitative estimate of drug-likeness (QED) is 0.402. The summed E-state index contributed by atoms with van der Waals surface area (Å²) >= 11 is 0. The molecule has 0 aliphatic carbocycles. The van der Waals surface area contributed by atoms with E-state index in [9.17, 15) is 9.90 Å². The molecule has 4 rings (SSSR count). The second kappa shape index (κ2) is 9.74. The van der Waals surface area contributed by atoms with Crippen LogP contribution in [0, 0.1) is 6.92 Å². The first-order valence-corrected chi connectivity index (χ1v) is 11.5. The van der Waals surface area contributed by atoms with Gasteiger partial charge in [0.2, 0.25) is 5.78 Å². The van der Waals surface area contributed by atoms with E-state index in [1.54, 1.807) is 6.07 Å². The summed E-state index contributed by atoms with van der Waals surface area (Å²) in [5, 5.41) is 10.0. The van der Waals surface area contributed by atoms with E-state index >= 15 is 0 Å². The second-order valence-electron chi connectivity index (χ2n) is 8.92. The van der Waals surface area contributed by atoms with E-state index in [2.05, 4.69) is 6.92 Å². The summed E-state index contributed by atoms with van der Waals surface area (Å²) in [5.41, 5.74) is 3.28. The van der Waals surface area contributed by atoms with Crippen molar-refractivity contribution in [3.05, 3.63) is 88.5 Å². The summed E-state index contributed by atoms with van der Waals surface area (Å²) in [6.07, 6.45) is 4.70. The van der Waals surface area contributed by atoms with Crippen LogP contribution < -0.4 is 14.2 Å². The van der Waals surface area contributed by atoms with Crippen LogP contribution >= 0.6 is 0 Å². The number of rotatable bonds is 8. The number of aliphatic hydroxyl groups excluding tert-OH is 1. The topological polar surface area (TPSA) is 65.0 Å². The summed E-state index contributed by atoms with van der Waals surface area (Å²) in [5.74, 6) is 2.08. The minimum atomic E-state index is -0.446. The van der Waals surface area contributed by atoms with Crippen molar-refractivity contribution >= 4 is 11.9 Å². The van der Waals surface area contributed by atoms with Gasteiger partial charge in [0.25, 0.3) is 0 Å². The van der Waals surface area contributed by atoms with E-state index in [0.717, 1.165) is 23.1 Å². The molecule has 0 amide bonds. The van der Waals surface area contributed by atoms with Crippen molar-refractivity contribution in [3.63, 3.8) is 0 Å². The maximum atomic E-state index is 13.3. The van der Waals surface area contributed by atoms with Crippen LogP contribution in [0.1, 0.15) is 53.4 Å². The van der Waals surface area contributed by atoms with E-state index in [1.807, 2.05) is 81.5 Å². The van der Waals surface area contributed by atoms with Crippen molar-refractivity contribution in [1.29, 1.82) is 0 Å². The second-order valence-corrected chi connectivity index (χ2v) is 8.92. The Labute approximate surface area is 200 Å². The lowest BCUT2D eigenvalue weighted by molar-refractivity contribution is 0.0915. The van der Waals surface area contributed by atoms with Crippen molar-refractivity contribution in [1.82, 2.24) is 0 Å². The first-order chi connectivity index (χ1) is 16.3. The highest BCUT2D eigenvalue weighted by Gasteiger charge is 2.27. The fraction of sp³-hybridized carbons (Fsp3) is 0.276. The molecule has 1 N–H and O–H groups in total. The zero-order valence-corrected chi connectivity index (χ0v) is 20.1. The molecule has 0 spiro atoms. The third-order valence-electron chi connectivity index (χ3n) is 5.86. The molecule has 0 aromatic heterocycles. The number of Topliss-reactive ketones (excluding diaryl/α,β-unsaturated/α-hetero) is 1. The average molecular weight is 459 g/mol. The number of para-hydroxylation sites is 1. The third kappa shape index (κ3) is 5.00. The molecule has 1 aliphatic heterocycles. The number of benzene rings is 3. The number of hydrogen-bond acceptors (Lipinski definition) is 5. The number of carbonyl (C=O) groups excluding carboxylic acids is 1. The standard InChI is InChI=1S/C29H30O5/c1-5-20-11-12-22(26(16-20)33-21-9-7-6-8-10-21)25(31)18-32-28-23-13-14-29(3,4)34-27(23)15-19(2)24(28)17-30/h6-16,30H,5,17-18H2,1-4H3. The van der Waals surface area contributed by atoms with E-state index in [-0.39, 0.29) is 19.0 Å². The van der Waals surface area contributed by atoms with Gasteiger partial charge in [-0.15, -0.1) is 0 Å². The lowest BCUT2D eigenvalue weighted by Crippen LogP contribution is -2.28. The predicted octanol–water partition coefficient (Wildman–Crippen LogP) is 6.29. The number of ether oxygens (including phenoxy) is 3. The number of ketones is 1. The van der Waals surface area contributed by atoms with Crippen LogP contribution in [0.2, 0.25) is 0 Å². The molecule has 0 unspecified atom stereocenters. The Morgan fingerprint density at radius 3 is 2.56 bits per heavy atom. The van der Waals surface area contributed by atoms with Gasteiger partial charge in [0.1, 0.15) is 28.6 Å².